The number of nitrogens with one attached hydrogen (secondary N) is 3. The SMILES string of the molecule is CNc1c(N)nc2ccccc2c1N(C)NC(=O)CCC(NC)C(N)=O. The summed E-state index contributed by atoms with van der Waals surface area (Å²) < 4.78 is 0. The number of hydrazine groups is 1. The number of amides is 2. The number of anilines is 3. The number of primary amides is 1. The Balaban J connectivity index is 2.22. The van der Waals surface area contributed by atoms with Crippen LogP contribution in [0.15, 0.2) is 24.3 Å². The highest BCUT2D eigenvalue weighted by Gasteiger charge is 2.19. The van der Waals surface area contributed by atoms with Gasteiger partial charge in [0.05, 0.1) is 17.2 Å². The Morgan fingerprint density at radius 1 is 1.27 bits per heavy atom. The van der Waals surface area contributed by atoms with Gasteiger partial charge in [-0.2, -0.15) is 0 Å². The van der Waals surface area contributed by atoms with Gasteiger partial charge < -0.3 is 22.1 Å². The van der Waals surface area contributed by atoms with Crippen LogP contribution >= 0.6 is 0 Å². The number of carbonyl (C=O) groups excluding carboxylic acids is 2. The molecule has 2 aromatic rings. The van der Waals surface area contributed by atoms with E-state index in [1.54, 1.807) is 26.2 Å². The summed E-state index contributed by atoms with van der Waals surface area (Å²) in [5, 5.41) is 8.27. The van der Waals surface area contributed by atoms with E-state index in [1.165, 1.54) is 0 Å². The zero-order valence-electron chi connectivity index (χ0n) is 15.2. The molecule has 1 heterocycles. The first-order valence-corrected chi connectivity index (χ1v) is 8.24. The first-order valence-electron chi connectivity index (χ1n) is 8.24. The summed E-state index contributed by atoms with van der Waals surface area (Å²) in [6.45, 7) is 0. The molecule has 9 heteroatoms. The van der Waals surface area contributed by atoms with Crippen LogP contribution in [0.1, 0.15) is 12.8 Å². The summed E-state index contributed by atoms with van der Waals surface area (Å²) in [5.41, 5.74) is 16.2. The lowest BCUT2D eigenvalue weighted by atomic mass is 10.1. The van der Waals surface area contributed by atoms with E-state index in [0.29, 0.717) is 23.6 Å². The van der Waals surface area contributed by atoms with E-state index in [1.807, 2.05) is 24.3 Å². The summed E-state index contributed by atoms with van der Waals surface area (Å²) in [7, 11) is 5.10. The number of benzene rings is 1. The first kappa shape index (κ1) is 19.3. The number of rotatable bonds is 8. The van der Waals surface area contributed by atoms with Gasteiger partial charge in [0, 0.05) is 25.9 Å². The van der Waals surface area contributed by atoms with Crippen LogP contribution in [0.25, 0.3) is 10.9 Å². The fraction of sp³-hybridized carbons (Fsp3) is 0.353. The summed E-state index contributed by atoms with van der Waals surface area (Å²) in [6, 6.07) is 6.98. The standard InChI is InChI=1S/C17H25N7O2/c1-20-12(17(19)26)8-9-13(25)23-24(3)15-10-6-4-5-7-11(10)22-16(18)14(15)21-2/h4-7,12,20-21H,8-9H2,1-3H3,(H2,18,22)(H2,19,26)(H,23,25). The van der Waals surface area contributed by atoms with Crippen molar-refractivity contribution in [3.63, 3.8) is 0 Å². The Labute approximate surface area is 152 Å². The van der Waals surface area contributed by atoms with Crippen molar-refractivity contribution >= 4 is 39.9 Å². The van der Waals surface area contributed by atoms with E-state index in [-0.39, 0.29) is 12.3 Å². The highest BCUT2D eigenvalue weighted by molar-refractivity contribution is 6.02. The molecule has 1 unspecified atom stereocenters. The van der Waals surface area contributed by atoms with E-state index in [0.717, 1.165) is 10.9 Å². The quantitative estimate of drug-likeness (QED) is 0.424. The highest BCUT2D eigenvalue weighted by atomic mass is 16.2. The second-order valence-electron chi connectivity index (χ2n) is 5.86. The van der Waals surface area contributed by atoms with E-state index < -0.39 is 11.9 Å². The number of nitrogen functional groups attached to an aromatic ring is 1. The Bertz CT molecular complexity index is 809. The van der Waals surface area contributed by atoms with Gasteiger partial charge in [0.15, 0.2) is 0 Å². The molecule has 0 radical (unpaired) electrons. The minimum absolute atomic E-state index is 0.145. The molecular formula is C17H25N7O2. The number of carbonyl (C=O) groups is 2. The summed E-state index contributed by atoms with van der Waals surface area (Å²) in [6.07, 6.45) is 0.454. The van der Waals surface area contributed by atoms with Crippen molar-refractivity contribution in [1.29, 1.82) is 0 Å². The van der Waals surface area contributed by atoms with E-state index >= 15 is 0 Å². The molecule has 2 rings (SSSR count). The monoisotopic (exact) mass is 359 g/mol. The van der Waals surface area contributed by atoms with Gasteiger partial charge in [0.1, 0.15) is 11.5 Å². The van der Waals surface area contributed by atoms with Crippen molar-refractivity contribution in [1.82, 2.24) is 15.7 Å². The fourth-order valence-electron chi connectivity index (χ4n) is 2.81. The largest absolute Gasteiger partial charge is 0.383 e. The Morgan fingerprint density at radius 2 is 1.96 bits per heavy atom. The second-order valence-corrected chi connectivity index (χ2v) is 5.86. The van der Waals surface area contributed by atoms with Crippen molar-refractivity contribution in [2.45, 2.75) is 18.9 Å². The summed E-state index contributed by atoms with van der Waals surface area (Å²) >= 11 is 0. The van der Waals surface area contributed by atoms with Crippen LogP contribution < -0.4 is 32.5 Å². The maximum Gasteiger partial charge on any atom is 0.238 e. The maximum absolute atomic E-state index is 12.3. The van der Waals surface area contributed by atoms with Gasteiger partial charge in [-0.05, 0) is 19.5 Å². The molecule has 0 aliphatic carbocycles. The Morgan fingerprint density at radius 3 is 2.58 bits per heavy atom. The number of fused-ring (bicyclic) bond motifs is 1. The lowest BCUT2D eigenvalue weighted by molar-refractivity contribution is -0.122. The van der Waals surface area contributed by atoms with Gasteiger partial charge in [-0.25, -0.2) is 4.98 Å². The van der Waals surface area contributed by atoms with E-state index in [9.17, 15) is 9.59 Å². The van der Waals surface area contributed by atoms with Crippen LogP contribution in [0.3, 0.4) is 0 Å². The van der Waals surface area contributed by atoms with Gasteiger partial charge in [-0.1, -0.05) is 18.2 Å². The number of nitrogens with zero attached hydrogens (tertiary/aromatic N) is 2. The normalized spacial score (nSPS) is 11.8. The third-order valence-corrected chi connectivity index (χ3v) is 4.12. The number of hydrogen-bond acceptors (Lipinski definition) is 7. The third-order valence-electron chi connectivity index (χ3n) is 4.12. The number of hydrogen-bond donors (Lipinski definition) is 5. The van der Waals surface area contributed by atoms with Gasteiger partial charge in [-0.3, -0.25) is 20.0 Å². The average Bonchev–Trinajstić information content (AvgIpc) is 2.60. The molecule has 9 nitrogen and oxygen atoms in total. The van der Waals surface area contributed by atoms with Gasteiger partial charge in [-0.15, -0.1) is 0 Å². The van der Waals surface area contributed by atoms with Gasteiger partial charge in [0.2, 0.25) is 11.8 Å². The molecule has 0 aliphatic heterocycles. The summed E-state index contributed by atoms with van der Waals surface area (Å²) in [4.78, 5) is 27.9. The topological polar surface area (TPSA) is 138 Å². The molecule has 2 amide bonds. The van der Waals surface area contributed by atoms with Crippen molar-refractivity contribution in [2.24, 2.45) is 5.73 Å². The molecule has 0 aliphatic rings. The second kappa shape index (κ2) is 8.34. The van der Waals surface area contributed by atoms with Crippen LogP contribution in [0.4, 0.5) is 17.2 Å². The lowest BCUT2D eigenvalue weighted by Gasteiger charge is -2.25. The minimum atomic E-state index is -0.545. The molecule has 0 saturated heterocycles. The van der Waals surface area contributed by atoms with Crippen molar-refractivity contribution < 1.29 is 9.59 Å². The van der Waals surface area contributed by atoms with Crippen LogP contribution in [-0.2, 0) is 9.59 Å². The zero-order valence-corrected chi connectivity index (χ0v) is 15.2. The van der Waals surface area contributed by atoms with Crippen molar-refractivity contribution in [2.75, 3.05) is 37.2 Å². The third kappa shape index (κ3) is 4.12. The van der Waals surface area contributed by atoms with Gasteiger partial charge >= 0.3 is 0 Å². The van der Waals surface area contributed by atoms with Crippen LogP contribution in [0.2, 0.25) is 0 Å². The Hall–Kier alpha value is -3.07. The zero-order chi connectivity index (χ0) is 19.3. The predicted molar refractivity (Wildman–Crippen MR) is 104 cm³/mol. The molecule has 0 fully saturated rings. The molecule has 140 valence electrons. The molecule has 1 aromatic carbocycles. The van der Waals surface area contributed by atoms with Gasteiger partial charge in [0.25, 0.3) is 0 Å². The molecule has 1 aromatic heterocycles. The summed E-state index contributed by atoms with van der Waals surface area (Å²) in [5.74, 6) is -0.388. The highest BCUT2D eigenvalue weighted by Crippen LogP contribution is 2.35. The maximum atomic E-state index is 12.3. The number of para-hydroxylation sites is 1. The average molecular weight is 359 g/mol. The number of nitrogens with two attached hydrogens (primary N) is 2. The molecule has 0 bridgehead atoms. The number of pyridine rings is 1. The van der Waals surface area contributed by atoms with Crippen molar-refractivity contribution in [3.05, 3.63) is 24.3 Å². The fourth-order valence-corrected chi connectivity index (χ4v) is 2.81. The molecule has 0 spiro atoms. The minimum Gasteiger partial charge on any atom is -0.383 e. The van der Waals surface area contributed by atoms with Crippen molar-refractivity contribution in [3.8, 4) is 0 Å². The number of likely N-dealkylation sites (N-methyl/N-ethyl adjacent to an activating group) is 1. The Kier molecular flexibility index (Phi) is 6.18. The van der Waals surface area contributed by atoms with Crippen LogP contribution in [0, 0.1) is 0 Å². The lowest BCUT2D eigenvalue weighted by Crippen LogP contribution is -2.43. The molecule has 1 atom stereocenters. The van der Waals surface area contributed by atoms with E-state index in [2.05, 4.69) is 21.0 Å². The smallest absolute Gasteiger partial charge is 0.238 e. The first-order chi connectivity index (χ1) is 12.4. The molecule has 26 heavy (non-hydrogen) atoms. The van der Waals surface area contributed by atoms with E-state index in [4.69, 9.17) is 11.5 Å². The van der Waals surface area contributed by atoms with Crippen LogP contribution in [-0.4, -0.2) is 44.0 Å². The molecular weight excluding hydrogens is 334 g/mol. The number of aromatic nitrogens is 1. The predicted octanol–water partition coefficient (Wildman–Crippen LogP) is 0.180. The van der Waals surface area contributed by atoms with Crippen LogP contribution in [0.5, 0.6) is 0 Å². The molecule has 7 N–H and O–H groups in total. The molecule has 0 saturated carbocycles.